The molecular formula is C22H18FN4O2S-. The van der Waals surface area contributed by atoms with Crippen molar-refractivity contribution in [2.75, 3.05) is 5.32 Å². The number of nitrogens with zero attached hydrogens (tertiary/aromatic N) is 3. The Labute approximate surface area is 173 Å². The molecule has 0 unspecified atom stereocenters. The van der Waals surface area contributed by atoms with Crippen molar-refractivity contribution in [1.82, 2.24) is 9.97 Å². The molecule has 1 aromatic heterocycles. The van der Waals surface area contributed by atoms with Crippen molar-refractivity contribution < 1.29 is 12.8 Å². The molecular weight excluding hydrogens is 403 g/mol. The third-order valence-corrected chi connectivity index (χ3v) is 5.90. The zero-order valence-corrected chi connectivity index (χ0v) is 17.1. The van der Waals surface area contributed by atoms with Crippen molar-refractivity contribution >= 4 is 38.4 Å². The molecule has 0 radical (unpaired) electrons. The van der Waals surface area contributed by atoms with E-state index in [0.717, 1.165) is 11.1 Å². The molecule has 6 nitrogen and oxygen atoms in total. The van der Waals surface area contributed by atoms with Gasteiger partial charge in [0.2, 0.25) is 10.0 Å². The van der Waals surface area contributed by atoms with E-state index in [2.05, 4.69) is 20.0 Å². The summed E-state index contributed by atoms with van der Waals surface area (Å²) in [6.45, 7) is 3.74. The quantitative estimate of drug-likeness (QED) is 0.458. The minimum Gasteiger partial charge on any atom is -0.431 e. The average Bonchev–Trinajstić information content (AvgIpc) is 2.72. The highest BCUT2D eigenvalue weighted by molar-refractivity contribution is 7.94. The van der Waals surface area contributed by atoms with Crippen molar-refractivity contribution in [1.29, 1.82) is 0 Å². The number of anilines is 2. The minimum absolute atomic E-state index is 0.0729. The van der Waals surface area contributed by atoms with Gasteiger partial charge in [-0.05, 0) is 78.8 Å². The van der Waals surface area contributed by atoms with Gasteiger partial charge in [0.05, 0.1) is 10.4 Å². The summed E-state index contributed by atoms with van der Waals surface area (Å²) in [5.41, 5.74) is 3.44. The van der Waals surface area contributed by atoms with Gasteiger partial charge in [0.1, 0.15) is 11.6 Å². The summed E-state index contributed by atoms with van der Waals surface area (Å²) in [6.07, 6.45) is 0. The molecule has 0 atom stereocenters. The van der Waals surface area contributed by atoms with E-state index in [1.54, 1.807) is 36.4 Å². The Balaban J connectivity index is 1.77. The summed E-state index contributed by atoms with van der Waals surface area (Å²) in [7, 11) is -4.02. The Morgan fingerprint density at radius 1 is 0.867 bits per heavy atom. The van der Waals surface area contributed by atoms with Crippen molar-refractivity contribution in [3.8, 4) is 0 Å². The highest BCUT2D eigenvalue weighted by atomic mass is 32.2. The number of nitrogens with one attached hydrogen (secondary N) is 1. The maximum absolute atomic E-state index is 13.2. The first-order valence-electron chi connectivity index (χ1n) is 9.16. The molecule has 1 N–H and O–H groups in total. The number of sulfonamides is 1. The predicted molar refractivity (Wildman–Crippen MR) is 115 cm³/mol. The standard InChI is InChI=1S/C22H18FN4O2S/c1-14-7-12-18(13-15(14)2)30(28,29)27-22-21(24-17-10-8-16(23)9-11-17)25-19-5-3-4-6-20(19)26-22/h3-13H,1-2H3,(H-,24,25,26,27)/q-1. The number of halogens is 1. The maximum Gasteiger partial charge on any atom is 0.202 e. The van der Waals surface area contributed by atoms with E-state index in [4.69, 9.17) is 0 Å². The molecule has 0 aliphatic carbocycles. The molecule has 0 amide bonds. The highest BCUT2D eigenvalue weighted by Gasteiger charge is 2.13. The Hall–Kier alpha value is -3.52. The largest absolute Gasteiger partial charge is 0.431 e. The summed E-state index contributed by atoms with van der Waals surface area (Å²) in [4.78, 5) is 8.95. The van der Waals surface area contributed by atoms with Crippen LogP contribution in [0.15, 0.2) is 71.6 Å². The number of rotatable bonds is 5. The van der Waals surface area contributed by atoms with E-state index in [1.807, 2.05) is 13.8 Å². The number of fused-ring (bicyclic) bond motifs is 1. The van der Waals surface area contributed by atoms with Crippen LogP contribution in [-0.2, 0) is 10.0 Å². The fourth-order valence-corrected chi connectivity index (χ4v) is 3.88. The van der Waals surface area contributed by atoms with Crippen LogP contribution in [0.5, 0.6) is 0 Å². The van der Waals surface area contributed by atoms with Crippen LogP contribution < -0.4 is 5.32 Å². The first-order chi connectivity index (χ1) is 14.3. The summed E-state index contributed by atoms with van der Waals surface area (Å²) < 4.78 is 43.1. The minimum atomic E-state index is -4.02. The lowest BCUT2D eigenvalue weighted by Crippen LogP contribution is -2.03. The lowest BCUT2D eigenvalue weighted by molar-refractivity contribution is 0.603. The lowest BCUT2D eigenvalue weighted by Gasteiger charge is -2.21. The van der Waals surface area contributed by atoms with Crippen LogP contribution >= 0.6 is 0 Å². The molecule has 3 aromatic carbocycles. The van der Waals surface area contributed by atoms with Crippen LogP contribution in [-0.4, -0.2) is 18.4 Å². The van der Waals surface area contributed by atoms with Crippen LogP contribution in [0.2, 0.25) is 0 Å². The smallest absolute Gasteiger partial charge is 0.202 e. The van der Waals surface area contributed by atoms with Gasteiger partial charge in [-0.3, -0.25) is 0 Å². The molecule has 0 spiro atoms. The van der Waals surface area contributed by atoms with Gasteiger partial charge in [-0.1, -0.05) is 24.3 Å². The van der Waals surface area contributed by atoms with Crippen LogP contribution in [0.1, 0.15) is 11.1 Å². The second-order valence-corrected chi connectivity index (χ2v) is 8.43. The molecule has 4 aromatic rings. The van der Waals surface area contributed by atoms with E-state index in [1.165, 1.54) is 30.3 Å². The fourth-order valence-electron chi connectivity index (χ4n) is 2.85. The molecule has 0 aliphatic heterocycles. The maximum atomic E-state index is 13.2. The second-order valence-electron chi connectivity index (χ2n) is 6.83. The van der Waals surface area contributed by atoms with Gasteiger partial charge < -0.3 is 15.0 Å². The van der Waals surface area contributed by atoms with E-state index in [-0.39, 0.29) is 22.3 Å². The number of benzene rings is 3. The molecule has 0 aliphatic rings. The summed E-state index contributed by atoms with van der Waals surface area (Å²) in [6, 6.07) is 17.5. The second kappa shape index (κ2) is 7.72. The number of para-hydroxylation sites is 2. The predicted octanol–water partition coefficient (Wildman–Crippen LogP) is 5.52. The van der Waals surface area contributed by atoms with E-state index < -0.39 is 10.0 Å². The van der Waals surface area contributed by atoms with Gasteiger partial charge >= 0.3 is 0 Å². The molecule has 8 heteroatoms. The Morgan fingerprint density at radius 3 is 2.20 bits per heavy atom. The molecule has 0 saturated carbocycles. The van der Waals surface area contributed by atoms with Crippen LogP contribution in [0.4, 0.5) is 21.7 Å². The zero-order chi connectivity index (χ0) is 21.3. The normalized spacial score (nSPS) is 11.4. The number of aryl methyl sites for hydroxylation is 2. The van der Waals surface area contributed by atoms with Gasteiger partial charge in [0.25, 0.3) is 0 Å². The van der Waals surface area contributed by atoms with E-state index in [0.29, 0.717) is 16.7 Å². The van der Waals surface area contributed by atoms with Gasteiger partial charge in [-0.25, -0.2) is 17.8 Å². The Kier molecular flexibility index (Phi) is 5.09. The van der Waals surface area contributed by atoms with Crippen LogP contribution in [0.25, 0.3) is 15.8 Å². The fraction of sp³-hybridized carbons (Fsp3) is 0.0909. The van der Waals surface area contributed by atoms with Gasteiger partial charge in [0, 0.05) is 5.69 Å². The van der Waals surface area contributed by atoms with E-state index in [9.17, 15) is 12.8 Å². The molecule has 30 heavy (non-hydrogen) atoms. The van der Waals surface area contributed by atoms with Crippen molar-refractivity contribution in [2.24, 2.45) is 0 Å². The molecule has 152 valence electrons. The molecule has 0 fully saturated rings. The van der Waals surface area contributed by atoms with Crippen molar-refractivity contribution in [3.63, 3.8) is 0 Å². The van der Waals surface area contributed by atoms with Gasteiger partial charge in [0.15, 0.2) is 0 Å². The summed E-state index contributed by atoms with van der Waals surface area (Å²) in [5.74, 6) is -0.295. The first-order valence-corrected chi connectivity index (χ1v) is 10.6. The molecule has 4 rings (SSSR count). The van der Waals surface area contributed by atoms with Gasteiger partial charge in [-0.2, -0.15) is 0 Å². The highest BCUT2D eigenvalue weighted by Crippen LogP contribution is 2.35. The number of hydrogen-bond donors (Lipinski definition) is 1. The topological polar surface area (TPSA) is 86.1 Å². The Morgan fingerprint density at radius 2 is 1.53 bits per heavy atom. The SMILES string of the molecule is Cc1ccc(S(=O)(=O)[N-]c2nc3ccccc3nc2Nc2ccc(F)cc2)cc1C. The van der Waals surface area contributed by atoms with Crippen molar-refractivity contribution in [2.45, 2.75) is 18.7 Å². The monoisotopic (exact) mass is 421 g/mol. The molecule has 0 saturated heterocycles. The summed E-state index contributed by atoms with van der Waals surface area (Å²) in [5, 5.41) is 2.99. The number of aromatic nitrogens is 2. The molecule has 0 bridgehead atoms. The average molecular weight is 421 g/mol. The van der Waals surface area contributed by atoms with Crippen LogP contribution in [0.3, 0.4) is 0 Å². The van der Waals surface area contributed by atoms with Crippen LogP contribution in [0, 0.1) is 19.7 Å². The zero-order valence-electron chi connectivity index (χ0n) is 16.3. The van der Waals surface area contributed by atoms with E-state index >= 15 is 0 Å². The van der Waals surface area contributed by atoms with Crippen molar-refractivity contribution in [3.05, 3.63) is 88.4 Å². The third-order valence-electron chi connectivity index (χ3n) is 4.64. The Bertz CT molecular complexity index is 1340. The van der Waals surface area contributed by atoms with Gasteiger partial charge in [-0.15, -0.1) is 0 Å². The first kappa shape index (κ1) is 19.8. The number of hydrogen-bond acceptors (Lipinski definition) is 5. The lowest BCUT2D eigenvalue weighted by atomic mass is 10.1. The third kappa shape index (κ3) is 4.08. The molecule has 1 heterocycles. The summed E-state index contributed by atoms with van der Waals surface area (Å²) >= 11 is 0.